The van der Waals surface area contributed by atoms with Gasteiger partial charge < -0.3 is 10.1 Å². The highest BCUT2D eigenvalue weighted by atomic mass is 19.1. The number of halogens is 2. The van der Waals surface area contributed by atoms with Crippen molar-refractivity contribution in [2.45, 2.75) is 18.9 Å². The highest BCUT2D eigenvalue weighted by Crippen LogP contribution is 2.31. The van der Waals surface area contributed by atoms with Crippen molar-refractivity contribution in [2.75, 3.05) is 11.9 Å². The Balaban J connectivity index is 1.72. The zero-order valence-electron chi connectivity index (χ0n) is 13.2. The zero-order chi connectivity index (χ0) is 17.4. The van der Waals surface area contributed by atoms with Crippen LogP contribution >= 0.6 is 0 Å². The minimum absolute atomic E-state index is 0.203. The number of aromatic amines is 1. The Morgan fingerprint density at radius 2 is 2.16 bits per heavy atom. The smallest absolute Gasteiger partial charge is 0.253 e. The highest BCUT2D eigenvalue weighted by Gasteiger charge is 2.24. The van der Waals surface area contributed by atoms with Gasteiger partial charge in [0.05, 0.1) is 0 Å². The van der Waals surface area contributed by atoms with E-state index < -0.39 is 17.7 Å². The zero-order valence-corrected chi connectivity index (χ0v) is 13.2. The summed E-state index contributed by atoms with van der Waals surface area (Å²) in [6.45, 7) is 0.553. The standard InChI is InChI=1S/C18H15F2N3O2/c19-11-4-1-3-10(7-11)16-13-8-12(9-14(20)17(13)23-22-16)21-18(24)15-5-2-6-25-15/h1,3-4,7-9,15H,2,5-6H2,(H,21,24)(H,22,23). The van der Waals surface area contributed by atoms with Crippen molar-refractivity contribution in [1.29, 1.82) is 0 Å². The lowest BCUT2D eigenvalue weighted by molar-refractivity contribution is -0.124. The molecule has 1 aromatic heterocycles. The lowest BCUT2D eigenvalue weighted by atomic mass is 10.1. The molecule has 5 nitrogen and oxygen atoms in total. The number of fused-ring (bicyclic) bond motifs is 1. The van der Waals surface area contributed by atoms with Crippen LogP contribution in [0.1, 0.15) is 12.8 Å². The number of aromatic nitrogens is 2. The Morgan fingerprint density at radius 1 is 1.28 bits per heavy atom. The van der Waals surface area contributed by atoms with E-state index in [1.54, 1.807) is 18.2 Å². The SMILES string of the molecule is O=C(Nc1cc(F)c2[nH]nc(-c3cccc(F)c3)c2c1)C1CCCO1. The number of H-pyrrole nitrogens is 1. The molecule has 1 fully saturated rings. The molecule has 7 heteroatoms. The number of anilines is 1. The van der Waals surface area contributed by atoms with Gasteiger partial charge in [-0.15, -0.1) is 0 Å². The fourth-order valence-corrected chi connectivity index (χ4v) is 3.01. The number of nitrogens with zero attached hydrogens (tertiary/aromatic N) is 1. The van der Waals surface area contributed by atoms with E-state index in [1.165, 1.54) is 18.2 Å². The predicted molar refractivity (Wildman–Crippen MR) is 89.0 cm³/mol. The summed E-state index contributed by atoms with van der Waals surface area (Å²) in [6, 6.07) is 8.74. The van der Waals surface area contributed by atoms with E-state index in [2.05, 4.69) is 15.5 Å². The number of rotatable bonds is 3. The van der Waals surface area contributed by atoms with Gasteiger partial charge in [-0.3, -0.25) is 9.89 Å². The molecule has 0 saturated carbocycles. The number of amides is 1. The third-order valence-electron chi connectivity index (χ3n) is 4.21. The summed E-state index contributed by atoms with van der Waals surface area (Å²) in [5.74, 6) is -1.25. The van der Waals surface area contributed by atoms with Crippen LogP contribution in [0.2, 0.25) is 0 Å². The fourth-order valence-electron chi connectivity index (χ4n) is 3.01. The third kappa shape index (κ3) is 2.98. The monoisotopic (exact) mass is 343 g/mol. The maximum absolute atomic E-state index is 14.4. The van der Waals surface area contributed by atoms with E-state index in [-0.39, 0.29) is 11.4 Å². The average molecular weight is 343 g/mol. The maximum Gasteiger partial charge on any atom is 0.253 e. The first-order chi connectivity index (χ1) is 12.1. The average Bonchev–Trinajstić information content (AvgIpc) is 3.25. The molecule has 0 bridgehead atoms. The molecule has 2 heterocycles. The minimum Gasteiger partial charge on any atom is -0.368 e. The Labute approximate surface area is 142 Å². The van der Waals surface area contributed by atoms with Crippen LogP contribution in [0.4, 0.5) is 14.5 Å². The maximum atomic E-state index is 14.4. The molecule has 2 aromatic carbocycles. The predicted octanol–water partition coefficient (Wildman–Crippen LogP) is 3.63. The van der Waals surface area contributed by atoms with Crippen molar-refractivity contribution in [1.82, 2.24) is 10.2 Å². The summed E-state index contributed by atoms with van der Waals surface area (Å²) in [7, 11) is 0. The van der Waals surface area contributed by atoms with Crippen molar-refractivity contribution in [3.8, 4) is 11.3 Å². The van der Waals surface area contributed by atoms with Crippen LogP contribution < -0.4 is 5.32 Å². The summed E-state index contributed by atoms with van der Waals surface area (Å²) in [4.78, 5) is 12.2. The number of nitrogens with one attached hydrogen (secondary N) is 2. The quantitative estimate of drug-likeness (QED) is 0.763. The van der Waals surface area contributed by atoms with Gasteiger partial charge in [0.2, 0.25) is 0 Å². The van der Waals surface area contributed by atoms with Gasteiger partial charge in [0.15, 0.2) is 5.82 Å². The van der Waals surface area contributed by atoms with Gasteiger partial charge in [0.1, 0.15) is 23.1 Å². The number of carbonyl (C=O) groups is 1. The summed E-state index contributed by atoms with van der Waals surface area (Å²) in [5, 5.41) is 9.86. The normalized spacial score (nSPS) is 17.1. The minimum atomic E-state index is -0.546. The van der Waals surface area contributed by atoms with Gasteiger partial charge >= 0.3 is 0 Å². The summed E-state index contributed by atoms with van der Waals surface area (Å²) < 4.78 is 33.2. The Hall–Kier alpha value is -2.80. The Bertz CT molecular complexity index is 949. The first kappa shape index (κ1) is 15.7. The molecule has 1 saturated heterocycles. The van der Waals surface area contributed by atoms with Gasteiger partial charge in [-0.2, -0.15) is 5.10 Å². The number of benzene rings is 2. The van der Waals surface area contributed by atoms with E-state index in [0.29, 0.717) is 35.4 Å². The van der Waals surface area contributed by atoms with Crippen molar-refractivity contribution in [2.24, 2.45) is 0 Å². The number of hydrogen-bond acceptors (Lipinski definition) is 3. The molecule has 1 aliphatic rings. The Kier molecular flexibility index (Phi) is 3.93. The van der Waals surface area contributed by atoms with E-state index in [9.17, 15) is 13.6 Å². The van der Waals surface area contributed by atoms with Crippen LogP contribution in [0.5, 0.6) is 0 Å². The lowest BCUT2D eigenvalue weighted by Gasteiger charge is -2.11. The first-order valence-corrected chi connectivity index (χ1v) is 7.98. The molecule has 2 N–H and O–H groups in total. The van der Waals surface area contributed by atoms with E-state index in [1.807, 2.05) is 0 Å². The van der Waals surface area contributed by atoms with Crippen LogP contribution in [-0.4, -0.2) is 28.8 Å². The first-order valence-electron chi connectivity index (χ1n) is 7.98. The number of hydrogen-bond donors (Lipinski definition) is 2. The molecule has 0 aliphatic carbocycles. The molecule has 0 radical (unpaired) electrons. The molecule has 1 atom stereocenters. The van der Waals surface area contributed by atoms with Gasteiger partial charge in [0.25, 0.3) is 5.91 Å². The van der Waals surface area contributed by atoms with Gasteiger partial charge in [-0.05, 0) is 37.1 Å². The summed E-state index contributed by atoms with van der Waals surface area (Å²) in [6.07, 6.45) is 0.971. The molecule has 128 valence electrons. The van der Waals surface area contributed by atoms with Crippen LogP contribution in [-0.2, 0) is 9.53 Å². The Morgan fingerprint density at radius 3 is 2.92 bits per heavy atom. The summed E-state index contributed by atoms with van der Waals surface area (Å²) >= 11 is 0. The van der Waals surface area contributed by atoms with Gasteiger partial charge in [0, 0.05) is 23.2 Å². The molecule has 25 heavy (non-hydrogen) atoms. The van der Waals surface area contributed by atoms with Crippen LogP contribution in [0.3, 0.4) is 0 Å². The molecular formula is C18H15F2N3O2. The number of carbonyl (C=O) groups excluding carboxylic acids is 1. The lowest BCUT2D eigenvalue weighted by Crippen LogP contribution is -2.26. The molecule has 0 spiro atoms. The van der Waals surface area contributed by atoms with Crippen molar-refractivity contribution in [3.63, 3.8) is 0 Å². The van der Waals surface area contributed by atoms with Gasteiger partial charge in [-0.1, -0.05) is 12.1 Å². The fraction of sp³-hybridized carbons (Fsp3) is 0.222. The van der Waals surface area contributed by atoms with Crippen molar-refractivity contribution >= 4 is 22.5 Å². The largest absolute Gasteiger partial charge is 0.368 e. The molecule has 3 aromatic rings. The molecule has 1 amide bonds. The van der Waals surface area contributed by atoms with E-state index >= 15 is 0 Å². The van der Waals surface area contributed by atoms with Crippen LogP contribution in [0.25, 0.3) is 22.2 Å². The second-order valence-corrected chi connectivity index (χ2v) is 5.95. The summed E-state index contributed by atoms with van der Waals surface area (Å²) in [5.41, 5.74) is 1.45. The molecule has 1 aliphatic heterocycles. The van der Waals surface area contributed by atoms with Crippen molar-refractivity contribution in [3.05, 3.63) is 48.0 Å². The number of ether oxygens (including phenoxy) is 1. The van der Waals surface area contributed by atoms with E-state index in [4.69, 9.17) is 4.74 Å². The molecular weight excluding hydrogens is 328 g/mol. The van der Waals surface area contributed by atoms with Gasteiger partial charge in [-0.25, -0.2) is 8.78 Å². The second-order valence-electron chi connectivity index (χ2n) is 5.95. The third-order valence-corrected chi connectivity index (χ3v) is 4.21. The van der Waals surface area contributed by atoms with E-state index in [0.717, 1.165) is 6.42 Å². The van der Waals surface area contributed by atoms with Crippen LogP contribution in [0.15, 0.2) is 36.4 Å². The topological polar surface area (TPSA) is 67.0 Å². The molecule has 1 unspecified atom stereocenters. The van der Waals surface area contributed by atoms with Crippen molar-refractivity contribution < 1.29 is 18.3 Å². The highest BCUT2D eigenvalue weighted by molar-refractivity contribution is 5.99. The van der Waals surface area contributed by atoms with Crippen LogP contribution in [0, 0.1) is 11.6 Å². The molecule has 4 rings (SSSR count). The second kappa shape index (κ2) is 6.25.